The molecule has 51 heavy (non-hydrogen) atoms. The third-order valence-electron chi connectivity index (χ3n) is 12.1. The molecule has 264 valence electrons. The summed E-state index contributed by atoms with van der Waals surface area (Å²) in [5.74, 6) is 0.777. The Morgan fingerprint density at radius 2 is 1.88 bits per heavy atom. The van der Waals surface area contributed by atoms with E-state index in [1.165, 1.54) is 18.3 Å². The van der Waals surface area contributed by atoms with Gasteiger partial charge in [-0.3, -0.25) is 14.4 Å². The number of nitrogens with zero attached hydrogens (tertiary/aromatic N) is 8. The first kappa shape index (κ1) is 31.7. The van der Waals surface area contributed by atoms with Crippen molar-refractivity contribution in [3.63, 3.8) is 0 Å². The van der Waals surface area contributed by atoms with E-state index in [-0.39, 0.29) is 46.9 Å². The zero-order valence-electron chi connectivity index (χ0n) is 29.3. The summed E-state index contributed by atoms with van der Waals surface area (Å²) < 4.78 is 12.8. The Kier molecular flexibility index (Phi) is 7.07. The summed E-state index contributed by atoms with van der Waals surface area (Å²) in [6.45, 7) is 7.41. The standard InChI is InChI=1S/C37H41N9O5/c1-5-25-31(43-13-14-44(27-10-9-26(27)43)35(49)23-7-6-8-24-33(23)51-20-39-24)32(48)30-34(42-46(41-30)22-11-12-38-29(15-22)50-4)45(25)16-28(47)40-37-17-36(18-37,19-37)21(2)3/h6-8,11-12,15,20-21,26-27H,5,9-10,13-14,16-19H2,1-4H3,(H,40,47)/t26-,27-,36?,37?/m0/s1. The number of carbonyl (C=O) groups excluding carboxylic acids is 2. The van der Waals surface area contributed by atoms with Gasteiger partial charge in [0.15, 0.2) is 23.1 Å². The Bertz CT molecular complexity index is 2270. The van der Waals surface area contributed by atoms with Crippen LogP contribution in [0.2, 0.25) is 0 Å². The van der Waals surface area contributed by atoms with Crippen LogP contribution in [0.4, 0.5) is 5.69 Å². The third kappa shape index (κ3) is 4.71. The van der Waals surface area contributed by atoms with E-state index in [1.54, 1.807) is 24.4 Å². The second-order valence-electron chi connectivity index (χ2n) is 15.1. The van der Waals surface area contributed by atoms with Crippen molar-refractivity contribution in [2.75, 3.05) is 25.1 Å². The minimum atomic E-state index is -0.235. The van der Waals surface area contributed by atoms with Gasteiger partial charge in [-0.1, -0.05) is 26.8 Å². The lowest BCUT2D eigenvalue weighted by atomic mass is 9.36. The Balaban J connectivity index is 1.09. The molecule has 1 aliphatic heterocycles. The Morgan fingerprint density at radius 1 is 1.08 bits per heavy atom. The SMILES string of the molecule is CCc1c(N2CCN(C(=O)c3cccc4ncoc34)[C@H]3CC[C@@H]32)c(=O)c2nn(-c3ccnc(OC)c3)nc2n1CC(=O)NC12CC(C(C)C)(C1)C2. The van der Waals surface area contributed by atoms with Crippen LogP contribution in [0.1, 0.15) is 68.9 Å². The second-order valence-corrected chi connectivity index (χ2v) is 15.1. The highest BCUT2D eigenvalue weighted by Crippen LogP contribution is 2.70. The van der Waals surface area contributed by atoms with Gasteiger partial charge in [-0.05, 0) is 68.1 Å². The van der Waals surface area contributed by atoms with Crippen LogP contribution < -0.4 is 20.4 Å². The van der Waals surface area contributed by atoms with Crippen molar-refractivity contribution in [3.8, 4) is 11.6 Å². The highest BCUT2D eigenvalue weighted by molar-refractivity contribution is 6.04. The number of rotatable bonds is 9. The van der Waals surface area contributed by atoms with E-state index in [4.69, 9.17) is 19.4 Å². The molecule has 14 heteroatoms. The van der Waals surface area contributed by atoms with Crippen molar-refractivity contribution >= 4 is 39.8 Å². The molecule has 5 fully saturated rings. The fourth-order valence-electron chi connectivity index (χ4n) is 9.27. The molecular formula is C37H41N9O5. The highest BCUT2D eigenvalue weighted by atomic mass is 16.5. The molecule has 5 heterocycles. The van der Waals surface area contributed by atoms with Crippen LogP contribution in [0.5, 0.6) is 5.88 Å². The number of carbonyl (C=O) groups is 2. The number of ether oxygens (including phenoxy) is 1. The van der Waals surface area contributed by atoms with Gasteiger partial charge < -0.3 is 28.8 Å². The van der Waals surface area contributed by atoms with Crippen molar-refractivity contribution in [3.05, 3.63) is 64.4 Å². The molecule has 1 N–H and O–H groups in total. The molecule has 1 saturated heterocycles. The topological polar surface area (TPSA) is 154 Å². The number of pyridine rings is 2. The van der Waals surface area contributed by atoms with Crippen molar-refractivity contribution in [1.82, 2.24) is 39.7 Å². The molecule has 2 atom stereocenters. The number of hydrogen-bond acceptors (Lipinski definition) is 10. The number of aromatic nitrogens is 6. The molecule has 0 unspecified atom stereocenters. The van der Waals surface area contributed by atoms with Crippen molar-refractivity contribution < 1.29 is 18.7 Å². The van der Waals surface area contributed by atoms with E-state index in [0.29, 0.717) is 70.4 Å². The number of fused-ring (bicyclic) bond motifs is 3. The van der Waals surface area contributed by atoms with Crippen molar-refractivity contribution in [1.29, 1.82) is 0 Å². The van der Waals surface area contributed by atoms with Gasteiger partial charge in [0.25, 0.3) is 5.91 Å². The Hall–Kier alpha value is -5.27. The lowest BCUT2D eigenvalue weighted by molar-refractivity contribution is -0.187. The molecule has 10 rings (SSSR count). The van der Waals surface area contributed by atoms with Gasteiger partial charge in [-0.15, -0.1) is 15.0 Å². The largest absolute Gasteiger partial charge is 0.481 e. The first-order chi connectivity index (χ1) is 24.6. The van der Waals surface area contributed by atoms with Crippen LogP contribution in [0, 0.1) is 11.3 Å². The minimum absolute atomic E-state index is 0.00940. The number of benzene rings is 1. The smallest absolute Gasteiger partial charge is 0.258 e. The summed E-state index contributed by atoms with van der Waals surface area (Å²) in [5.41, 5.74) is 3.95. The van der Waals surface area contributed by atoms with E-state index in [9.17, 15) is 14.4 Å². The molecule has 5 aromatic rings. The van der Waals surface area contributed by atoms with Crippen LogP contribution in [-0.4, -0.2) is 84.1 Å². The summed E-state index contributed by atoms with van der Waals surface area (Å²) in [6.07, 6.45) is 8.11. The molecular weight excluding hydrogens is 650 g/mol. The molecule has 4 aliphatic carbocycles. The van der Waals surface area contributed by atoms with Gasteiger partial charge in [0.05, 0.1) is 24.4 Å². The quantitative estimate of drug-likeness (QED) is 0.241. The van der Waals surface area contributed by atoms with Crippen LogP contribution in [0.15, 0.2) is 52.1 Å². The van der Waals surface area contributed by atoms with Crippen LogP contribution in [-0.2, 0) is 17.8 Å². The summed E-state index contributed by atoms with van der Waals surface area (Å²) in [7, 11) is 1.53. The lowest BCUT2D eigenvalue weighted by Crippen LogP contribution is -2.76. The molecule has 2 bridgehead atoms. The average Bonchev–Trinajstić information content (AvgIpc) is 3.75. The first-order valence-electron chi connectivity index (χ1n) is 17.9. The molecule has 2 amide bonds. The fourth-order valence-corrected chi connectivity index (χ4v) is 9.27. The zero-order valence-corrected chi connectivity index (χ0v) is 29.3. The maximum absolute atomic E-state index is 14.6. The van der Waals surface area contributed by atoms with E-state index >= 15 is 0 Å². The minimum Gasteiger partial charge on any atom is -0.481 e. The summed E-state index contributed by atoms with van der Waals surface area (Å²) in [6, 6.07) is 8.71. The second kappa shape index (κ2) is 11.4. The van der Waals surface area contributed by atoms with E-state index in [1.807, 2.05) is 28.5 Å². The molecule has 1 aromatic carbocycles. The number of nitrogens with one attached hydrogen (secondary N) is 1. The third-order valence-corrected chi connectivity index (χ3v) is 12.1. The first-order valence-corrected chi connectivity index (χ1v) is 17.9. The number of methoxy groups -OCH3 is 1. The van der Waals surface area contributed by atoms with Crippen LogP contribution >= 0.6 is 0 Å². The predicted molar refractivity (Wildman–Crippen MR) is 188 cm³/mol. The van der Waals surface area contributed by atoms with Gasteiger partial charge in [-0.25, -0.2) is 9.97 Å². The van der Waals surface area contributed by atoms with E-state index in [0.717, 1.165) is 37.8 Å². The molecule has 0 radical (unpaired) electrons. The number of piperazine rings is 1. The fraction of sp³-hybridized carbons (Fsp3) is 0.486. The van der Waals surface area contributed by atoms with Gasteiger partial charge in [-0.2, -0.15) is 0 Å². The number of oxazole rings is 1. The highest BCUT2D eigenvalue weighted by Gasteiger charge is 2.69. The molecule has 14 nitrogen and oxygen atoms in total. The number of hydrogen-bond donors (Lipinski definition) is 1. The monoisotopic (exact) mass is 691 g/mol. The van der Waals surface area contributed by atoms with Crippen LogP contribution in [0.3, 0.4) is 0 Å². The summed E-state index contributed by atoms with van der Waals surface area (Å²) >= 11 is 0. The summed E-state index contributed by atoms with van der Waals surface area (Å²) in [5, 5.41) is 12.9. The van der Waals surface area contributed by atoms with Gasteiger partial charge in [0.2, 0.25) is 17.2 Å². The Labute approximate surface area is 293 Å². The molecule has 0 spiro atoms. The lowest BCUT2D eigenvalue weighted by Gasteiger charge is -2.72. The normalized spacial score (nSPS) is 25.0. The maximum Gasteiger partial charge on any atom is 0.258 e. The van der Waals surface area contributed by atoms with Gasteiger partial charge in [0, 0.05) is 42.6 Å². The number of anilines is 1. The molecule has 5 aliphatic rings. The number of amides is 2. The van der Waals surface area contributed by atoms with E-state index < -0.39 is 0 Å². The average molecular weight is 692 g/mol. The summed E-state index contributed by atoms with van der Waals surface area (Å²) in [4.78, 5) is 56.3. The molecule has 4 aromatic heterocycles. The Morgan fingerprint density at radius 3 is 2.61 bits per heavy atom. The van der Waals surface area contributed by atoms with E-state index in [2.05, 4.69) is 34.0 Å². The number of para-hydroxylation sites is 1. The van der Waals surface area contributed by atoms with Gasteiger partial charge in [0.1, 0.15) is 17.7 Å². The maximum atomic E-state index is 14.6. The van der Waals surface area contributed by atoms with Crippen molar-refractivity contribution in [2.45, 2.75) is 83.5 Å². The zero-order chi connectivity index (χ0) is 35.2. The van der Waals surface area contributed by atoms with Crippen molar-refractivity contribution in [2.24, 2.45) is 11.3 Å². The predicted octanol–water partition coefficient (Wildman–Crippen LogP) is 3.88. The molecule has 4 saturated carbocycles. The van der Waals surface area contributed by atoms with Crippen LogP contribution in [0.25, 0.3) is 28.0 Å². The van der Waals surface area contributed by atoms with Gasteiger partial charge >= 0.3 is 0 Å².